The van der Waals surface area contributed by atoms with Gasteiger partial charge in [-0.05, 0) is 37.1 Å². The molecule has 1 aliphatic rings. The molecule has 0 radical (unpaired) electrons. The molecule has 0 N–H and O–H groups in total. The van der Waals surface area contributed by atoms with Crippen LogP contribution in [0.1, 0.15) is 120 Å². The second-order valence-corrected chi connectivity index (χ2v) is 22.6. The van der Waals surface area contributed by atoms with Crippen LogP contribution in [0.3, 0.4) is 0 Å². The van der Waals surface area contributed by atoms with Gasteiger partial charge in [-0.2, -0.15) is 0 Å². The van der Waals surface area contributed by atoms with Crippen molar-refractivity contribution in [2.75, 3.05) is 0 Å². The van der Waals surface area contributed by atoms with E-state index in [0.717, 1.165) is 12.8 Å². The molecule has 2 unspecified atom stereocenters. The number of rotatable bonds is 8. The molecule has 2 nitrogen and oxygen atoms in total. The Balaban J connectivity index is 1.98. The number of hydrogen-bond acceptors (Lipinski definition) is 6. The molecule has 0 heterocycles. The summed E-state index contributed by atoms with van der Waals surface area (Å²) >= 11 is 7.74. The van der Waals surface area contributed by atoms with Gasteiger partial charge in [0.25, 0.3) is 0 Å². The van der Waals surface area contributed by atoms with E-state index < -0.39 is 0 Å². The molecule has 1 aliphatic carbocycles. The van der Waals surface area contributed by atoms with E-state index in [9.17, 15) is 0 Å². The Hall–Kier alpha value is -0.820. The van der Waals surface area contributed by atoms with E-state index in [-0.39, 0.29) is 31.1 Å². The van der Waals surface area contributed by atoms with Crippen LogP contribution in [0, 0.1) is 0 Å². The molecular formula is C36H54N2S4. The van der Waals surface area contributed by atoms with E-state index in [1.165, 1.54) is 43.6 Å². The summed E-state index contributed by atoms with van der Waals surface area (Å²) in [5.74, 6) is 0. The zero-order valence-electron chi connectivity index (χ0n) is 28.1. The van der Waals surface area contributed by atoms with Crippen LogP contribution in [0.25, 0.3) is 0 Å². The summed E-state index contributed by atoms with van der Waals surface area (Å²) in [5, 5.41) is 0. The van der Waals surface area contributed by atoms with E-state index in [1.54, 1.807) is 0 Å². The lowest BCUT2D eigenvalue weighted by Crippen LogP contribution is -2.27. The minimum atomic E-state index is 0.131. The normalized spacial score (nSPS) is 19.2. The van der Waals surface area contributed by atoms with Crippen LogP contribution in [0.4, 0.5) is 0 Å². The first-order valence-corrected chi connectivity index (χ1v) is 18.6. The van der Waals surface area contributed by atoms with Crippen molar-refractivity contribution in [3.63, 3.8) is 0 Å². The van der Waals surface area contributed by atoms with Crippen LogP contribution in [-0.4, -0.2) is 43.5 Å². The molecule has 0 aromatic heterocycles. The van der Waals surface area contributed by atoms with Crippen molar-refractivity contribution < 1.29 is 0 Å². The van der Waals surface area contributed by atoms with Gasteiger partial charge in [-0.25, -0.2) is 0 Å². The Bertz CT molecular complexity index is 1070. The molecule has 0 saturated heterocycles. The highest BCUT2D eigenvalue weighted by molar-refractivity contribution is 8.02. The standard InChI is InChI=1S/C36H54N2S4/c1-33(2,3)39-29-19-15-20-30(40-34(4,5)6)25(29)23-37-27-17-13-14-18-28(27)38-24-26-31(41-35(7,8)9)21-16-22-32(26)42-36(10,11)12/h15-16,19-24,27-28H,13-14,17-18H2,1-12H3. The predicted molar refractivity (Wildman–Crippen MR) is 197 cm³/mol. The third-order valence-corrected chi connectivity index (χ3v) is 11.0. The van der Waals surface area contributed by atoms with Gasteiger partial charge in [0.15, 0.2) is 0 Å². The molecule has 0 amide bonds. The molecule has 1 saturated carbocycles. The number of benzene rings is 2. The third kappa shape index (κ3) is 12.3. The Morgan fingerprint density at radius 2 is 0.762 bits per heavy atom. The SMILES string of the molecule is CC(C)(C)Sc1cccc(SC(C)(C)C)c1C=NC1CCCCC1N=Cc1c(SC(C)(C)C)cccc1SC(C)(C)C. The van der Waals surface area contributed by atoms with Crippen LogP contribution < -0.4 is 0 Å². The molecule has 3 rings (SSSR count). The van der Waals surface area contributed by atoms with Crippen LogP contribution in [-0.2, 0) is 0 Å². The van der Waals surface area contributed by atoms with Crippen molar-refractivity contribution in [2.24, 2.45) is 9.98 Å². The first-order valence-electron chi connectivity index (χ1n) is 15.4. The highest BCUT2D eigenvalue weighted by atomic mass is 32.2. The molecule has 232 valence electrons. The maximum atomic E-state index is 5.32. The highest BCUT2D eigenvalue weighted by Gasteiger charge is 2.26. The Morgan fingerprint density at radius 3 is 1.00 bits per heavy atom. The van der Waals surface area contributed by atoms with Crippen LogP contribution in [0.15, 0.2) is 66.0 Å². The van der Waals surface area contributed by atoms with E-state index in [0.29, 0.717) is 0 Å². The Kier molecular flexibility index (Phi) is 12.3. The molecule has 2 aromatic carbocycles. The van der Waals surface area contributed by atoms with Crippen molar-refractivity contribution in [1.82, 2.24) is 0 Å². The molecule has 42 heavy (non-hydrogen) atoms. The largest absolute Gasteiger partial charge is 0.287 e. The fraction of sp³-hybridized carbons (Fsp3) is 0.611. The monoisotopic (exact) mass is 642 g/mol. The van der Waals surface area contributed by atoms with E-state index in [2.05, 4.69) is 132 Å². The fourth-order valence-electron chi connectivity index (χ4n) is 4.76. The topological polar surface area (TPSA) is 24.7 Å². The van der Waals surface area contributed by atoms with Gasteiger partial charge in [0.05, 0.1) is 12.1 Å². The smallest absolute Gasteiger partial charge is 0.0723 e. The van der Waals surface area contributed by atoms with Gasteiger partial charge in [0.2, 0.25) is 0 Å². The van der Waals surface area contributed by atoms with Crippen molar-refractivity contribution in [3.8, 4) is 0 Å². The van der Waals surface area contributed by atoms with Crippen molar-refractivity contribution in [3.05, 3.63) is 47.5 Å². The molecular weight excluding hydrogens is 589 g/mol. The zero-order chi connectivity index (χ0) is 31.3. The Morgan fingerprint density at radius 1 is 0.500 bits per heavy atom. The highest BCUT2D eigenvalue weighted by Crippen LogP contribution is 2.42. The first-order chi connectivity index (χ1) is 19.3. The molecule has 2 aromatic rings. The van der Waals surface area contributed by atoms with Crippen LogP contribution in [0.5, 0.6) is 0 Å². The van der Waals surface area contributed by atoms with Gasteiger partial charge in [-0.1, -0.05) is 108 Å². The molecule has 2 atom stereocenters. The van der Waals surface area contributed by atoms with Gasteiger partial charge in [-0.3, -0.25) is 9.98 Å². The van der Waals surface area contributed by atoms with Gasteiger partial charge >= 0.3 is 0 Å². The summed E-state index contributed by atoms with van der Waals surface area (Å²) in [6, 6.07) is 13.9. The first kappa shape index (κ1) is 35.7. The molecule has 1 fully saturated rings. The van der Waals surface area contributed by atoms with Gasteiger partial charge < -0.3 is 0 Å². The number of thioether (sulfide) groups is 4. The minimum Gasteiger partial charge on any atom is -0.287 e. The average Bonchev–Trinajstić information content (AvgIpc) is 2.80. The average molecular weight is 643 g/mol. The summed E-state index contributed by atoms with van der Waals surface area (Å²) in [5.41, 5.74) is 2.53. The van der Waals surface area contributed by atoms with Crippen LogP contribution >= 0.6 is 47.0 Å². The number of nitrogens with zero attached hydrogens (tertiary/aromatic N) is 2. The second kappa shape index (κ2) is 14.5. The van der Waals surface area contributed by atoms with Gasteiger partial charge in [0, 0.05) is 62.1 Å². The summed E-state index contributed by atoms with van der Waals surface area (Å²) in [7, 11) is 0. The van der Waals surface area contributed by atoms with E-state index in [4.69, 9.17) is 9.98 Å². The summed E-state index contributed by atoms with van der Waals surface area (Å²) in [6.45, 7) is 27.5. The summed E-state index contributed by atoms with van der Waals surface area (Å²) in [4.78, 5) is 15.9. The lowest BCUT2D eigenvalue weighted by molar-refractivity contribution is 0.390. The minimum absolute atomic E-state index is 0.131. The maximum absolute atomic E-state index is 5.32. The Labute approximate surface area is 275 Å². The molecule has 0 spiro atoms. The summed E-state index contributed by atoms with van der Waals surface area (Å²) < 4.78 is 0.526. The quantitative estimate of drug-likeness (QED) is 0.211. The van der Waals surface area contributed by atoms with Crippen molar-refractivity contribution in [1.29, 1.82) is 0 Å². The molecule has 0 aliphatic heterocycles. The lowest BCUT2D eigenvalue weighted by atomic mass is 9.91. The fourth-order valence-corrected chi connectivity index (χ4v) is 9.20. The number of hydrogen-bond donors (Lipinski definition) is 0. The molecule has 0 bridgehead atoms. The van der Waals surface area contributed by atoms with Crippen LogP contribution in [0.2, 0.25) is 0 Å². The lowest BCUT2D eigenvalue weighted by Gasteiger charge is -2.27. The predicted octanol–water partition coefficient (Wildman–Crippen LogP) is 12.1. The van der Waals surface area contributed by atoms with E-state index in [1.807, 2.05) is 47.0 Å². The summed E-state index contributed by atoms with van der Waals surface area (Å²) in [6.07, 6.45) is 9.00. The van der Waals surface area contributed by atoms with Crippen molar-refractivity contribution in [2.45, 2.75) is 159 Å². The van der Waals surface area contributed by atoms with E-state index >= 15 is 0 Å². The van der Waals surface area contributed by atoms with Crippen molar-refractivity contribution >= 4 is 59.5 Å². The van der Waals surface area contributed by atoms with Gasteiger partial charge in [-0.15, -0.1) is 47.0 Å². The second-order valence-electron chi connectivity index (χ2n) is 15.2. The third-order valence-electron chi connectivity index (χ3n) is 6.20. The molecule has 6 heteroatoms. The maximum Gasteiger partial charge on any atom is 0.0723 e. The number of aliphatic imine (C=N–C) groups is 2. The zero-order valence-corrected chi connectivity index (χ0v) is 31.4. The van der Waals surface area contributed by atoms with Gasteiger partial charge in [0.1, 0.15) is 0 Å².